The van der Waals surface area contributed by atoms with Crippen molar-refractivity contribution in [2.45, 2.75) is 4.90 Å². The molecule has 3 heterocycles. The first-order valence-corrected chi connectivity index (χ1v) is 12.4. The van der Waals surface area contributed by atoms with Gasteiger partial charge < -0.3 is 15.0 Å². The fourth-order valence-corrected chi connectivity index (χ4v) is 4.52. The number of carbonyl (C=O) groups excluding carboxylic acids is 1. The van der Waals surface area contributed by atoms with Gasteiger partial charge >= 0.3 is 0 Å². The van der Waals surface area contributed by atoms with E-state index >= 15 is 0 Å². The van der Waals surface area contributed by atoms with Crippen molar-refractivity contribution in [3.8, 4) is 17.1 Å². The molecule has 194 valence electrons. The van der Waals surface area contributed by atoms with Gasteiger partial charge in [0.2, 0.25) is 5.88 Å². The molecule has 0 atom stereocenters. The van der Waals surface area contributed by atoms with E-state index in [0.717, 1.165) is 12.1 Å². The molecule has 4 rings (SSSR count). The number of rotatable bonds is 9. The Labute approximate surface area is 211 Å². The van der Waals surface area contributed by atoms with Crippen LogP contribution in [0.3, 0.4) is 0 Å². The number of anilines is 1. The summed E-state index contributed by atoms with van der Waals surface area (Å²) < 4.78 is 61.9. The first-order chi connectivity index (χ1) is 17.6. The second kappa shape index (κ2) is 10.4. The molecule has 0 saturated heterocycles. The van der Waals surface area contributed by atoms with Crippen molar-refractivity contribution in [2.24, 2.45) is 0 Å². The summed E-state index contributed by atoms with van der Waals surface area (Å²) in [5.41, 5.74) is 1.32. The number of carbonyl (C=O) groups is 1. The molecule has 0 bridgehead atoms. The number of sulfonamides is 1. The average molecular weight is 532 g/mol. The number of likely N-dealkylation sites (N-methyl/N-ethyl adjacent to an activating group) is 1. The zero-order chi connectivity index (χ0) is 26.7. The summed E-state index contributed by atoms with van der Waals surface area (Å²) in [6.45, 7) is 1.10. The van der Waals surface area contributed by atoms with Gasteiger partial charge in [-0.2, -0.15) is 0 Å². The monoisotopic (exact) mass is 531 g/mol. The maximum Gasteiger partial charge on any atom is 0.269 e. The van der Waals surface area contributed by atoms with Gasteiger partial charge in [-0.15, -0.1) is 0 Å². The van der Waals surface area contributed by atoms with Crippen LogP contribution in [0.4, 0.5) is 14.5 Å². The average Bonchev–Trinajstić information content (AvgIpc) is 3.26. The van der Waals surface area contributed by atoms with E-state index in [2.05, 4.69) is 25.0 Å². The second-order valence-corrected chi connectivity index (χ2v) is 9.82. The Morgan fingerprint density at radius 3 is 2.59 bits per heavy atom. The van der Waals surface area contributed by atoms with Crippen LogP contribution in [0.25, 0.3) is 16.9 Å². The summed E-state index contributed by atoms with van der Waals surface area (Å²) in [7, 11) is 0.621. The molecule has 2 N–H and O–H groups in total. The van der Waals surface area contributed by atoms with Gasteiger partial charge in [0.15, 0.2) is 5.65 Å². The van der Waals surface area contributed by atoms with Crippen LogP contribution in [-0.2, 0) is 10.0 Å². The smallest absolute Gasteiger partial charge is 0.269 e. The highest BCUT2D eigenvalue weighted by molar-refractivity contribution is 7.92. The normalized spacial score (nSPS) is 11.6. The van der Waals surface area contributed by atoms with E-state index in [1.54, 1.807) is 10.6 Å². The van der Waals surface area contributed by atoms with Crippen molar-refractivity contribution in [3.63, 3.8) is 0 Å². The number of halogens is 2. The van der Waals surface area contributed by atoms with Crippen LogP contribution in [0.2, 0.25) is 0 Å². The van der Waals surface area contributed by atoms with Gasteiger partial charge in [-0.1, -0.05) is 0 Å². The predicted octanol–water partition coefficient (Wildman–Crippen LogP) is 2.17. The number of aromatic nitrogens is 4. The fourth-order valence-electron chi connectivity index (χ4n) is 3.41. The Kier molecular flexibility index (Phi) is 7.31. The molecule has 11 nitrogen and oxygen atoms in total. The molecule has 1 aromatic carbocycles. The number of pyridine rings is 1. The lowest BCUT2D eigenvalue weighted by molar-refractivity contribution is 0.0945. The highest BCUT2D eigenvalue weighted by Crippen LogP contribution is 2.30. The molecule has 14 heteroatoms. The molecule has 37 heavy (non-hydrogen) atoms. The van der Waals surface area contributed by atoms with Crippen molar-refractivity contribution in [1.29, 1.82) is 0 Å². The molecule has 0 radical (unpaired) electrons. The summed E-state index contributed by atoms with van der Waals surface area (Å²) in [6, 6.07) is 3.52. The number of nitrogens with one attached hydrogen (secondary N) is 2. The number of ether oxygens (including phenoxy) is 1. The SMILES string of the molecule is COc1ncc(-c2cn3c(C(=O)NCCN(C)C)cnc3cn2)cc1NS(=O)(=O)c1ccc(F)cc1F. The molecular formula is C23H23F2N7O4S. The Bertz CT molecular complexity index is 1570. The van der Waals surface area contributed by atoms with Crippen LogP contribution in [0.1, 0.15) is 10.5 Å². The molecule has 4 aromatic rings. The second-order valence-electron chi connectivity index (χ2n) is 8.16. The summed E-state index contributed by atoms with van der Waals surface area (Å²) in [5, 5.41) is 2.82. The van der Waals surface area contributed by atoms with Gasteiger partial charge in [0.25, 0.3) is 15.9 Å². The zero-order valence-corrected chi connectivity index (χ0v) is 20.9. The van der Waals surface area contributed by atoms with Crippen LogP contribution in [0.5, 0.6) is 5.88 Å². The minimum atomic E-state index is -4.45. The molecule has 0 spiro atoms. The Morgan fingerprint density at radius 1 is 1.11 bits per heavy atom. The van der Waals surface area contributed by atoms with Crippen LogP contribution in [0.15, 0.2) is 53.9 Å². The van der Waals surface area contributed by atoms with E-state index < -0.39 is 26.6 Å². The van der Waals surface area contributed by atoms with Crippen molar-refractivity contribution < 1.29 is 26.7 Å². The van der Waals surface area contributed by atoms with Gasteiger partial charge in [-0.05, 0) is 32.3 Å². The number of amides is 1. The highest BCUT2D eigenvalue weighted by atomic mass is 32.2. The van der Waals surface area contributed by atoms with Crippen LogP contribution in [-0.4, -0.2) is 72.9 Å². The third kappa shape index (κ3) is 5.65. The largest absolute Gasteiger partial charge is 0.480 e. The number of fused-ring (bicyclic) bond motifs is 1. The van der Waals surface area contributed by atoms with E-state index in [0.29, 0.717) is 36.1 Å². The number of hydrogen-bond donors (Lipinski definition) is 2. The quantitative estimate of drug-likeness (QED) is 0.336. The maximum atomic E-state index is 14.2. The number of imidazole rings is 1. The number of benzene rings is 1. The molecule has 0 aliphatic rings. The summed E-state index contributed by atoms with van der Waals surface area (Å²) in [4.78, 5) is 26.5. The zero-order valence-electron chi connectivity index (χ0n) is 20.1. The molecule has 1 amide bonds. The van der Waals surface area contributed by atoms with Gasteiger partial charge in [0.1, 0.15) is 27.9 Å². The van der Waals surface area contributed by atoms with Crippen LogP contribution >= 0.6 is 0 Å². The Hall–Kier alpha value is -4.17. The third-order valence-corrected chi connectivity index (χ3v) is 6.64. The van der Waals surface area contributed by atoms with E-state index in [4.69, 9.17) is 4.74 Å². The van der Waals surface area contributed by atoms with Gasteiger partial charge in [0, 0.05) is 37.1 Å². The topological polar surface area (TPSA) is 131 Å². The van der Waals surface area contributed by atoms with E-state index in [9.17, 15) is 22.0 Å². The molecule has 0 saturated carbocycles. The fraction of sp³-hybridized carbons (Fsp3) is 0.217. The van der Waals surface area contributed by atoms with Crippen molar-refractivity contribution in [1.82, 2.24) is 29.6 Å². The lowest BCUT2D eigenvalue weighted by Gasteiger charge is -2.13. The third-order valence-electron chi connectivity index (χ3n) is 5.24. The number of nitrogens with zero attached hydrogens (tertiary/aromatic N) is 5. The van der Waals surface area contributed by atoms with Crippen molar-refractivity contribution >= 4 is 27.3 Å². The van der Waals surface area contributed by atoms with Crippen LogP contribution in [0, 0.1) is 11.6 Å². The molecule has 0 aliphatic carbocycles. The van der Waals surface area contributed by atoms with Gasteiger partial charge in [0.05, 0.1) is 25.2 Å². The molecule has 0 unspecified atom stereocenters. The summed E-state index contributed by atoms with van der Waals surface area (Å²) in [6.07, 6.45) is 5.84. The number of methoxy groups -OCH3 is 1. The summed E-state index contributed by atoms with van der Waals surface area (Å²) in [5.74, 6) is -2.57. The Balaban J connectivity index is 1.67. The first-order valence-electron chi connectivity index (χ1n) is 10.9. The predicted molar refractivity (Wildman–Crippen MR) is 131 cm³/mol. The van der Waals surface area contributed by atoms with Gasteiger partial charge in [-0.3, -0.25) is 18.9 Å². The molecular weight excluding hydrogens is 508 g/mol. The van der Waals surface area contributed by atoms with E-state index in [1.165, 1.54) is 31.8 Å². The summed E-state index contributed by atoms with van der Waals surface area (Å²) >= 11 is 0. The van der Waals surface area contributed by atoms with E-state index in [1.807, 2.05) is 19.0 Å². The first kappa shape index (κ1) is 25.9. The van der Waals surface area contributed by atoms with Crippen LogP contribution < -0.4 is 14.8 Å². The Morgan fingerprint density at radius 2 is 1.89 bits per heavy atom. The van der Waals surface area contributed by atoms with Gasteiger partial charge in [-0.25, -0.2) is 27.2 Å². The standard InChI is InChI=1S/C23H23F2N7O4S/c1-31(2)7-6-26-22(33)19-11-28-21-12-27-18(13-32(19)21)14-8-17(23(36-3)29-10-14)30-37(34,35)20-5-4-15(24)9-16(20)25/h4-5,8-13,30H,6-7H2,1-3H3,(H,26,33). The molecule has 3 aromatic heterocycles. The van der Waals surface area contributed by atoms with Crippen molar-refractivity contribution in [2.75, 3.05) is 39.0 Å². The minimum absolute atomic E-state index is 0.0838. The highest BCUT2D eigenvalue weighted by Gasteiger charge is 2.22. The lowest BCUT2D eigenvalue weighted by Crippen LogP contribution is -2.31. The minimum Gasteiger partial charge on any atom is -0.480 e. The van der Waals surface area contributed by atoms with Crippen molar-refractivity contribution in [3.05, 3.63) is 66.4 Å². The lowest BCUT2D eigenvalue weighted by atomic mass is 10.2. The number of hydrogen-bond acceptors (Lipinski definition) is 8. The maximum absolute atomic E-state index is 14.2. The van der Waals surface area contributed by atoms with E-state index in [-0.39, 0.29) is 23.2 Å². The molecule has 0 aliphatic heterocycles. The molecule has 0 fully saturated rings.